The molecule has 1 N–H and O–H groups in total. The normalized spacial score (nSPS) is 20.2. The second-order valence-corrected chi connectivity index (χ2v) is 6.45. The summed E-state index contributed by atoms with van der Waals surface area (Å²) < 4.78 is 14.2. The van der Waals surface area contributed by atoms with Crippen LogP contribution in [0.25, 0.3) is 0 Å². The molecule has 112 valence electrons. The van der Waals surface area contributed by atoms with Gasteiger partial charge in [-0.15, -0.1) is 0 Å². The van der Waals surface area contributed by atoms with Gasteiger partial charge in [0.25, 0.3) is 0 Å². The van der Waals surface area contributed by atoms with Crippen molar-refractivity contribution in [1.29, 1.82) is 0 Å². The predicted molar refractivity (Wildman–Crippen MR) is 85.3 cm³/mol. The average molecular weight is 343 g/mol. The highest BCUT2D eigenvalue weighted by Gasteiger charge is 2.20. The van der Waals surface area contributed by atoms with E-state index in [1.807, 2.05) is 6.07 Å². The van der Waals surface area contributed by atoms with E-state index in [1.54, 1.807) is 6.07 Å². The maximum Gasteiger partial charge on any atom is 0.137 e. The lowest BCUT2D eigenvalue weighted by Gasteiger charge is -2.33. The molecule has 1 aromatic rings. The molecule has 1 saturated heterocycles. The molecule has 1 unspecified atom stereocenters. The highest BCUT2D eigenvalue weighted by molar-refractivity contribution is 9.10. The molecule has 0 spiro atoms. The van der Waals surface area contributed by atoms with E-state index in [0.29, 0.717) is 4.47 Å². The minimum Gasteiger partial charge on any atom is -0.316 e. The Kier molecular flexibility index (Phi) is 6.46. The largest absolute Gasteiger partial charge is 0.316 e. The molecule has 1 fully saturated rings. The number of likely N-dealkylation sites (tertiary alicyclic amines) is 1. The van der Waals surface area contributed by atoms with Crippen LogP contribution in [0.1, 0.15) is 31.7 Å². The zero-order valence-corrected chi connectivity index (χ0v) is 13.8. The molecule has 20 heavy (non-hydrogen) atoms. The summed E-state index contributed by atoms with van der Waals surface area (Å²) >= 11 is 3.36. The van der Waals surface area contributed by atoms with Crippen LogP contribution in [-0.2, 0) is 6.54 Å². The summed E-state index contributed by atoms with van der Waals surface area (Å²) in [4.78, 5) is 2.45. The van der Waals surface area contributed by atoms with Gasteiger partial charge in [0.1, 0.15) is 5.82 Å². The maximum absolute atomic E-state index is 13.5. The number of rotatable bonds is 6. The summed E-state index contributed by atoms with van der Waals surface area (Å²) in [5.74, 6) is 0.559. The topological polar surface area (TPSA) is 15.3 Å². The maximum atomic E-state index is 13.5. The third-order valence-electron chi connectivity index (χ3n) is 3.89. The number of hydrogen-bond donors (Lipinski definition) is 1. The third kappa shape index (κ3) is 4.54. The fraction of sp³-hybridized carbons (Fsp3) is 0.625. The molecule has 1 aliphatic heterocycles. The number of nitrogens with one attached hydrogen (secondary N) is 1. The molecule has 2 nitrogen and oxygen atoms in total. The van der Waals surface area contributed by atoms with Crippen LogP contribution in [0.4, 0.5) is 4.39 Å². The van der Waals surface area contributed by atoms with Crippen LogP contribution in [0.15, 0.2) is 22.7 Å². The van der Waals surface area contributed by atoms with Gasteiger partial charge >= 0.3 is 0 Å². The molecule has 0 radical (unpaired) electrons. The first kappa shape index (κ1) is 15.9. The number of hydrogen-bond acceptors (Lipinski definition) is 2. The van der Waals surface area contributed by atoms with E-state index < -0.39 is 0 Å². The third-order valence-corrected chi connectivity index (χ3v) is 4.78. The second kappa shape index (κ2) is 8.11. The molecule has 0 bridgehead atoms. The van der Waals surface area contributed by atoms with Crippen molar-refractivity contribution in [3.63, 3.8) is 0 Å². The fourth-order valence-electron chi connectivity index (χ4n) is 2.86. The van der Waals surface area contributed by atoms with Crippen molar-refractivity contribution in [3.8, 4) is 0 Å². The Morgan fingerprint density at radius 1 is 1.45 bits per heavy atom. The minimum absolute atomic E-state index is 0.166. The summed E-state index contributed by atoms with van der Waals surface area (Å²) in [5, 5.41) is 3.51. The Hall–Kier alpha value is -0.450. The van der Waals surface area contributed by atoms with Gasteiger partial charge in [0.05, 0.1) is 4.47 Å². The van der Waals surface area contributed by atoms with Crippen LogP contribution < -0.4 is 5.32 Å². The molecule has 0 aliphatic carbocycles. The van der Waals surface area contributed by atoms with Gasteiger partial charge in [-0.05, 0) is 72.4 Å². The van der Waals surface area contributed by atoms with Crippen molar-refractivity contribution < 1.29 is 4.39 Å². The zero-order chi connectivity index (χ0) is 14.4. The molecule has 0 aromatic heterocycles. The summed E-state index contributed by atoms with van der Waals surface area (Å²) in [6.07, 6.45) is 3.73. The molecule has 1 aromatic carbocycles. The van der Waals surface area contributed by atoms with E-state index in [-0.39, 0.29) is 5.82 Å². The first-order valence-electron chi connectivity index (χ1n) is 7.56. The highest BCUT2D eigenvalue weighted by atomic mass is 79.9. The molecule has 0 saturated carbocycles. The Labute approximate surface area is 129 Å². The molecule has 1 atom stereocenters. The quantitative estimate of drug-likeness (QED) is 0.791. The van der Waals surface area contributed by atoms with Crippen LogP contribution in [0.5, 0.6) is 0 Å². The van der Waals surface area contributed by atoms with Crippen LogP contribution in [0.2, 0.25) is 0 Å². The Bertz CT molecular complexity index is 425. The Morgan fingerprint density at radius 2 is 2.30 bits per heavy atom. The first-order valence-corrected chi connectivity index (χ1v) is 8.36. The number of piperidine rings is 1. The van der Waals surface area contributed by atoms with Gasteiger partial charge in [-0.1, -0.05) is 19.1 Å². The summed E-state index contributed by atoms with van der Waals surface area (Å²) in [7, 11) is 0. The van der Waals surface area contributed by atoms with Crippen molar-refractivity contribution in [2.45, 2.75) is 32.7 Å². The molecule has 4 heteroatoms. The standard InChI is InChI=1S/C16H24BrFN2/c1-2-8-19-10-13-5-4-9-20(11-13)12-14-6-3-7-15(18)16(14)17/h3,6-7,13,19H,2,4-5,8-12H2,1H3. The Balaban J connectivity index is 1.87. The van der Waals surface area contributed by atoms with E-state index in [2.05, 4.69) is 33.1 Å². The number of benzene rings is 1. The molecular weight excluding hydrogens is 319 g/mol. The van der Waals surface area contributed by atoms with Crippen molar-refractivity contribution in [3.05, 3.63) is 34.1 Å². The number of halogens is 2. The van der Waals surface area contributed by atoms with Gasteiger partial charge in [-0.3, -0.25) is 4.90 Å². The lowest BCUT2D eigenvalue weighted by molar-refractivity contribution is 0.165. The van der Waals surface area contributed by atoms with Crippen molar-refractivity contribution in [2.24, 2.45) is 5.92 Å². The van der Waals surface area contributed by atoms with E-state index >= 15 is 0 Å². The van der Waals surface area contributed by atoms with Gasteiger partial charge < -0.3 is 5.32 Å². The van der Waals surface area contributed by atoms with E-state index in [0.717, 1.165) is 44.2 Å². The van der Waals surface area contributed by atoms with Gasteiger partial charge in [-0.25, -0.2) is 4.39 Å². The number of nitrogens with zero attached hydrogens (tertiary/aromatic N) is 1. The van der Waals surface area contributed by atoms with Crippen LogP contribution in [0, 0.1) is 11.7 Å². The van der Waals surface area contributed by atoms with E-state index in [9.17, 15) is 4.39 Å². The minimum atomic E-state index is -0.166. The van der Waals surface area contributed by atoms with Crippen LogP contribution in [-0.4, -0.2) is 31.1 Å². The average Bonchev–Trinajstić information content (AvgIpc) is 2.45. The zero-order valence-electron chi connectivity index (χ0n) is 12.2. The van der Waals surface area contributed by atoms with Crippen molar-refractivity contribution in [1.82, 2.24) is 10.2 Å². The van der Waals surface area contributed by atoms with E-state index in [1.165, 1.54) is 25.3 Å². The summed E-state index contributed by atoms with van der Waals surface area (Å²) in [6.45, 7) is 7.47. The molecule has 2 rings (SSSR count). The molecular formula is C16H24BrFN2. The Morgan fingerprint density at radius 3 is 3.10 bits per heavy atom. The monoisotopic (exact) mass is 342 g/mol. The van der Waals surface area contributed by atoms with Crippen molar-refractivity contribution >= 4 is 15.9 Å². The predicted octanol–water partition coefficient (Wildman–Crippen LogP) is 3.80. The highest BCUT2D eigenvalue weighted by Crippen LogP contribution is 2.24. The van der Waals surface area contributed by atoms with Gasteiger partial charge in [0.2, 0.25) is 0 Å². The van der Waals surface area contributed by atoms with Gasteiger partial charge in [0.15, 0.2) is 0 Å². The van der Waals surface area contributed by atoms with Crippen LogP contribution >= 0.6 is 15.9 Å². The SMILES string of the molecule is CCCNCC1CCCN(Cc2cccc(F)c2Br)C1. The lowest BCUT2D eigenvalue weighted by Crippen LogP contribution is -2.39. The first-order chi connectivity index (χ1) is 9.70. The molecule has 1 heterocycles. The summed E-state index contributed by atoms with van der Waals surface area (Å²) in [6, 6.07) is 5.30. The lowest BCUT2D eigenvalue weighted by atomic mass is 9.97. The second-order valence-electron chi connectivity index (χ2n) is 5.66. The van der Waals surface area contributed by atoms with Gasteiger partial charge in [-0.2, -0.15) is 0 Å². The van der Waals surface area contributed by atoms with Crippen molar-refractivity contribution in [2.75, 3.05) is 26.2 Å². The van der Waals surface area contributed by atoms with E-state index in [4.69, 9.17) is 0 Å². The van der Waals surface area contributed by atoms with Crippen LogP contribution in [0.3, 0.4) is 0 Å². The molecule has 1 aliphatic rings. The molecule has 0 amide bonds. The fourth-order valence-corrected chi connectivity index (χ4v) is 3.25. The smallest absolute Gasteiger partial charge is 0.137 e. The van der Waals surface area contributed by atoms with Gasteiger partial charge in [0, 0.05) is 13.1 Å². The summed E-state index contributed by atoms with van der Waals surface area (Å²) in [5.41, 5.74) is 1.05.